The minimum atomic E-state index is -0.618. The largest absolute Gasteiger partial charge is 0.496 e. The highest BCUT2D eigenvalue weighted by molar-refractivity contribution is 5.88. The fourth-order valence-corrected chi connectivity index (χ4v) is 3.88. The van der Waals surface area contributed by atoms with Gasteiger partial charge in [-0.15, -0.1) is 0 Å². The monoisotopic (exact) mass is 471 g/mol. The smallest absolute Gasteiger partial charge is 0.439 e. The van der Waals surface area contributed by atoms with Gasteiger partial charge >= 0.3 is 5.76 Å². The summed E-state index contributed by atoms with van der Waals surface area (Å²) in [6.07, 6.45) is 1.44. The second kappa shape index (κ2) is 9.11. The molecule has 2 N–H and O–H groups in total. The van der Waals surface area contributed by atoms with Gasteiger partial charge < -0.3 is 14.6 Å². The zero-order chi connectivity index (χ0) is 24.4. The number of fused-ring (bicyclic) bond motifs is 1. The molecule has 3 aromatic heterocycles. The van der Waals surface area contributed by atoms with E-state index >= 15 is 0 Å². The Balaban J connectivity index is 1.33. The summed E-state index contributed by atoms with van der Waals surface area (Å²) in [6.45, 7) is 0.727. The number of anilines is 1. The molecular formula is C24H18FN7O3. The molecule has 11 heteroatoms. The van der Waals surface area contributed by atoms with E-state index in [0.717, 1.165) is 5.56 Å². The highest BCUT2D eigenvalue weighted by Gasteiger charge is 2.16. The molecule has 5 aromatic rings. The summed E-state index contributed by atoms with van der Waals surface area (Å²) < 4.78 is 26.1. The van der Waals surface area contributed by atoms with Crippen molar-refractivity contribution in [3.8, 4) is 34.5 Å². The average Bonchev–Trinajstić information content (AvgIpc) is 3.49. The van der Waals surface area contributed by atoms with Gasteiger partial charge in [-0.2, -0.15) is 5.26 Å². The normalized spacial score (nSPS) is 10.9. The summed E-state index contributed by atoms with van der Waals surface area (Å²) in [5.41, 5.74) is 2.87. The van der Waals surface area contributed by atoms with Crippen molar-refractivity contribution < 1.29 is 13.7 Å². The molecule has 0 bridgehead atoms. The van der Waals surface area contributed by atoms with Gasteiger partial charge in [0.05, 0.1) is 18.3 Å². The van der Waals surface area contributed by atoms with Crippen LogP contribution in [0, 0.1) is 17.1 Å². The van der Waals surface area contributed by atoms with E-state index in [9.17, 15) is 14.4 Å². The highest BCUT2D eigenvalue weighted by Crippen LogP contribution is 2.31. The van der Waals surface area contributed by atoms with Gasteiger partial charge in [0.2, 0.25) is 0 Å². The van der Waals surface area contributed by atoms with E-state index in [1.54, 1.807) is 34.9 Å². The summed E-state index contributed by atoms with van der Waals surface area (Å²) in [6, 6.07) is 15.7. The number of H-pyrrole nitrogens is 1. The first-order valence-electron chi connectivity index (χ1n) is 10.6. The quantitative estimate of drug-likeness (QED) is 0.368. The molecule has 2 aromatic carbocycles. The van der Waals surface area contributed by atoms with Crippen molar-refractivity contribution in [2.75, 3.05) is 19.0 Å². The summed E-state index contributed by atoms with van der Waals surface area (Å²) in [5, 5.41) is 17.0. The van der Waals surface area contributed by atoms with Crippen LogP contribution in [0.25, 0.3) is 33.5 Å². The van der Waals surface area contributed by atoms with Gasteiger partial charge in [-0.1, -0.05) is 29.4 Å². The average molecular weight is 471 g/mol. The molecule has 0 atom stereocenters. The van der Waals surface area contributed by atoms with Gasteiger partial charge in [0.15, 0.2) is 5.82 Å². The Morgan fingerprint density at radius 2 is 1.97 bits per heavy atom. The molecule has 5 rings (SSSR count). The molecule has 0 radical (unpaired) electrons. The lowest BCUT2D eigenvalue weighted by Crippen LogP contribution is -2.13. The fraction of sp³-hybridized carbons (Fsp3) is 0.125. The van der Waals surface area contributed by atoms with Crippen LogP contribution in [-0.4, -0.2) is 38.3 Å². The van der Waals surface area contributed by atoms with Crippen LogP contribution in [0.3, 0.4) is 0 Å². The predicted molar refractivity (Wildman–Crippen MR) is 125 cm³/mol. The van der Waals surface area contributed by atoms with Gasteiger partial charge in [0.25, 0.3) is 0 Å². The molecule has 0 amide bonds. The summed E-state index contributed by atoms with van der Waals surface area (Å²) in [4.78, 5) is 22.2. The van der Waals surface area contributed by atoms with E-state index in [-0.39, 0.29) is 0 Å². The van der Waals surface area contributed by atoms with Crippen LogP contribution in [0.2, 0.25) is 0 Å². The van der Waals surface area contributed by atoms with Crippen molar-refractivity contribution in [3.63, 3.8) is 0 Å². The summed E-state index contributed by atoms with van der Waals surface area (Å²) >= 11 is 0. The van der Waals surface area contributed by atoms with Crippen LogP contribution in [0.4, 0.5) is 10.2 Å². The first-order valence-corrected chi connectivity index (χ1v) is 10.6. The number of aromatic amines is 1. The van der Waals surface area contributed by atoms with Crippen molar-refractivity contribution in [2.24, 2.45) is 0 Å². The minimum Gasteiger partial charge on any atom is -0.496 e. The van der Waals surface area contributed by atoms with Crippen LogP contribution in [-0.2, 0) is 6.54 Å². The third-order valence-corrected chi connectivity index (χ3v) is 5.51. The van der Waals surface area contributed by atoms with Crippen LogP contribution < -0.4 is 15.8 Å². The summed E-state index contributed by atoms with van der Waals surface area (Å²) in [5.74, 6) is 0.380. The van der Waals surface area contributed by atoms with Gasteiger partial charge in [-0.05, 0) is 18.2 Å². The number of benzene rings is 2. The first kappa shape index (κ1) is 21.8. The number of aromatic nitrogens is 5. The van der Waals surface area contributed by atoms with Crippen molar-refractivity contribution in [2.45, 2.75) is 6.54 Å². The molecule has 35 heavy (non-hydrogen) atoms. The molecule has 0 spiro atoms. The predicted octanol–water partition coefficient (Wildman–Crippen LogP) is 3.57. The Morgan fingerprint density at radius 3 is 2.69 bits per heavy atom. The molecule has 0 aliphatic rings. The molecule has 3 heterocycles. The van der Waals surface area contributed by atoms with E-state index < -0.39 is 11.6 Å². The molecule has 0 aliphatic heterocycles. The topological polar surface area (TPSA) is 135 Å². The molecular weight excluding hydrogens is 453 g/mol. The number of nitriles is 1. The number of rotatable bonds is 7. The molecule has 0 aliphatic carbocycles. The Labute approximate surface area is 197 Å². The molecule has 0 saturated heterocycles. The van der Waals surface area contributed by atoms with E-state index in [0.29, 0.717) is 58.3 Å². The lowest BCUT2D eigenvalue weighted by atomic mass is 10.1. The Kier molecular flexibility index (Phi) is 5.68. The highest BCUT2D eigenvalue weighted by atomic mass is 19.1. The molecule has 0 saturated carbocycles. The number of nitrogens with one attached hydrogen (secondary N) is 2. The van der Waals surface area contributed by atoms with Crippen molar-refractivity contribution >= 4 is 16.7 Å². The van der Waals surface area contributed by atoms with Crippen LogP contribution in [0.1, 0.15) is 5.69 Å². The maximum absolute atomic E-state index is 14.6. The Hall–Kier alpha value is -4.98. The maximum Gasteiger partial charge on any atom is 0.439 e. The third-order valence-electron chi connectivity index (χ3n) is 5.51. The second-order valence-corrected chi connectivity index (χ2v) is 7.54. The second-order valence-electron chi connectivity index (χ2n) is 7.54. The van der Waals surface area contributed by atoms with Crippen LogP contribution in [0.15, 0.2) is 64.2 Å². The zero-order valence-corrected chi connectivity index (χ0v) is 18.4. The van der Waals surface area contributed by atoms with E-state index in [1.807, 2.05) is 12.1 Å². The van der Waals surface area contributed by atoms with Crippen molar-refractivity contribution in [3.05, 3.63) is 76.9 Å². The van der Waals surface area contributed by atoms with E-state index in [1.165, 1.54) is 19.5 Å². The summed E-state index contributed by atoms with van der Waals surface area (Å²) in [7, 11) is 1.51. The number of ether oxygens (including phenoxy) is 1. The van der Waals surface area contributed by atoms with E-state index in [4.69, 9.17) is 4.74 Å². The van der Waals surface area contributed by atoms with Crippen LogP contribution in [0.5, 0.6) is 5.75 Å². The lowest BCUT2D eigenvalue weighted by Gasteiger charge is -2.11. The van der Waals surface area contributed by atoms with Crippen LogP contribution >= 0.6 is 0 Å². The number of halogens is 1. The van der Waals surface area contributed by atoms with E-state index in [2.05, 4.69) is 36.0 Å². The Morgan fingerprint density at radius 1 is 1.17 bits per heavy atom. The standard InChI is InChI=1S/C24H18FN7O3/c1-34-20-7-6-18(25)22-17(20)10-16(12-26)32(22)9-8-27-21-11-19(28-13-29-21)14-2-4-15(5-3-14)23-30-24(33)35-31-23/h2-7,10-11,13H,8-9H2,1H3,(H,27,28,29)(H,30,31,33). The van der Waals surface area contributed by atoms with Crippen molar-refractivity contribution in [1.29, 1.82) is 5.26 Å². The van der Waals surface area contributed by atoms with Gasteiger partial charge in [-0.25, -0.2) is 19.2 Å². The molecule has 174 valence electrons. The molecule has 0 fully saturated rings. The van der Waals surface area contributed by atoms with Gasteiger partial charge in [-0.3, -0.25) is 9.51 Å². The number of hydrogen-bond acceptors (Lipinski definition) is 8. The maximum atomic E-state index is 14.6. The fourth-order valence-electron chi connectivity index (χ4n) is 3.88. The SMILES string of the molecule is COc1ccc(F)c2c1cc(C#N)n2CCNc1cc(-c2ccc(-c3noc(=O)[nH]3)cc2)ncn1. The number of hydrogen-bond donors (Lipinski definition) is 2. The lowest BCUT2D eigenvalue weighted by molar-refractivity contribution is 0.388. The molecule has 0 unspecified atom stereocenters. The molecule has 10 nitrogen and oxygen atoms in total. The Bertz CT molecular complexity index is 1610. The van der Waals surface area contributed by atoms with Crippen molar-refractivity contribution in [1.82, 2.24) is 24.7 Å². The minimum absolute atomic E-state index is 0.319. The van der Waals surface area contributed by atoms with Gasteiger partial charge in [0, 0.05) is 35.7 Å². The zero-order valence-electron chi connectivity index (χ0n) is 18.4. The first-order chi connectivity index (χ1) is 17.1. The van der Waals surface area contributed by atoms with Gasteiger partial charge in [0.1, 0.15) is 35.5 Å². The number of nitrogens with zero attached hydrogens (tertiary/aromatic N) is 5. The third kappa shape index (κ3) is 4.20. The number of methoxy groups -OCH3 is 1.